The molecular formula is C19H22ClN5O2. The van der Waals surface area contributed by atoms with Gasteiger partial charge in [0, 0.05) is 37.4 Å². The van der Waals surface area contributed by atoms with Gasteiger partial charge in [-0.1, -0.05) is 11.6 Å². The van der Waals surface area contributed by atoms with E-state index in [1.807, 2.05) is 6.07 Å². The number of pyridine rings is 1. The van der Waals surface area contributed by atoms with Gasteiger partial charge in [0.2, 0.25) is 0 Å². The van der Waals surface area contributed by atoms with E-state index in [9.17, 15) is 4.79 Å². The smallest absolute Gasteiger partial charge is 0.339 e. The number of carbonyl (C=O) groups excluding carboxylic acids is 1. The van der Waals surface area contributed by atoms with Crippen molar-refractivity contribution in [2.45, 2.75) is 32.2 Å². The summed E-state index contributed by atoms with van der Waals surface area (Å²) in [6, 6.07) is 3.89. The summed E-state index contributed by atoms with van der Waals surface area (Å²) >= 11 is 6.22. The Kier molecular flexibility index (Phi) is 4.86. The molecule has 1 saturated heterocycles. The number of aromatic nitrogens is 3. The molecular weight excluding hydrogens is 366 g/mol. The van der Waals surface area contributed by atoms with E-state index in [2.05, 4.69) is 31.9 Å². The van der Waals surface area contributed by atoms with Crippen LogP contribution in [0.5, 0.6) is 0 Å². The molecule has 27 heavy (non-hydrogen) atoms. The molecule has 0 bridgehead atoms. The van der Waals surface area contributed by atoms with Gasteiger partial charge in [0.1, 0.15) is 5.82 Å². The van der Waals surface area contributed by atoms with E-state index in [1.165, 1.54) is 12.7 Å². The lowest BCUT2D eigenvalue weighted by Crippen LogP contribution is -2.53. The van der Waals surface area contributed by atoms with E-state index < -0.39 is 0 Å². The molecule has 7 nitrogen and oxygen atoms in total. The molecule has 2 aliphatic rings. The molecule has 4 rings (SSSR count). The molecule has 1 aliphatic heterocycles. The molecule has 0 saturated carbocycles. The number of carbonyl (C=O) groups is 1. The van der Waals surface area contributed by atoms with Gasteiger partial charge in [-0.05, 0) is 43.9 Å². The second-order valence-electron chi connectivity index (χ2n) is 7.01. The van der Waals surface area contributed by atoms with Crippen molar-refractivity contribution < 1.29 is 9.53 Å². The first-order valence-electron chi connectivity index (χ1n) is 9.18. The van der Waals surface area contributed by atoms with Gasteiger partial charge in [-0.3, -0.25) is 0 Å². The van der Waals surface area contributed by atoms with Gasteiger partial charge >= 0.3 is 5.97 Å². The van der Waals surface area contributed by atoms with Crippen molar-refractivity contribution in [3.8, 4) is 0 Å². The minimum atomic E-state index is -0.373. The lowest BCUT2D eigenvalue weighted by atomic mass is 10.1. The number of nitrogens with zero attached hydrogens (tertiary/aromatic N) is 5. The summed E-state index contributed by atoms with van der Waals surface area (Å²) in [5.41, 5.74) is 2.88. The number of methoxy groups -OCH3 is 1. The zero-order valence-corrected chi connectivity index (χ0v) is 16.2. The Morgan fingerprint density at radius 3 is 2.74 bits per heavy atom. The Bertz CT molecular complexity index is 858. The van der Waals surface area contributed by atoms with E-state index in [0.29, 0.717) is 10.7 Å². The molecule has 0 radical (unpaired) electrons. The maximum absolute atomic E-state index is 11.6. The van der Waals surface area contributed by atoms with Crippen LogP contribution in [0.25, 0.3) is 0 Å². The molecule has 1 atom stereocenters. The Morgan fingerprint density at radius 2 is 2.04 bits per heavy atom. The molecule has 2 aromatic rings. The van der Waals surface area contributed by atoms with Gasteiger partial charge in [-0.25, -0.2) is 9.78 Å². The second kappa shape index (κ2) is 7.31. The first-order valence-corrected chi connectivity index (χ1v) is 9.56. The predicted molar refractivity (Wildman–Crippen MR) is 104 cm³/mol. The number of fused-ring (bicyclic) bond motifs is 1. The van der Waals surface area contributed by atoms with E-state index in [-0.39, 0.29) is 12.0 Å². The number of halogens is 1. The monoisotopic (exact) mass is 387 g/mol. The highest BCUT2D eigenvalue weighted by molar-refractivity contribution is 6.30. The van der Waals surface area contributed by atoms with Crippen LogP contribution in [0.2, 0.25) is 5.15 Å². The van der Waals surface area contributed by atoms with E-state index in [0.717, 1.165) is 56.1 Å². The third kappa shape index (κ3) is 3.32. The third-order valence-corrected chi connectivity index (χ3v) is 5.67. The summed E-state index contributed by atoms with van der Waals surface area (Å²) in [7, 11) is 1.37. The minimum Gasteiger partial charge on any atom is -0.465 e. The summed E-state index contributed by atoms with van der Waals surface area (Å²) in [5, 5.41) is 9.15. The van der Waals surface area contributed by atoms with Crippen LogP contribution < -0.4 is 9.80 Å². The highest BCUT2D eigenvalue weighted by Crippen LogP contribution is 2.34. The van der Waals surface area contributed by atoms with E-state index >= 15 is 0 Å². The van der Waals surface area contributed by atoms with Crippen LogP contribution in [-0.2, 0) is 17.6 Å². The lowest BCUT2D eigenvalue weighted by molar-refractivity contribution is 0.0600. The van der Waals surface area contributed by atoms with Gasteiger partial charge in [0.05, 0.1) is 12.7 Å². The predicted octanol–water partition coefficient (Wildman–Crippen LogP) is 2.52. The molecule has 0 spiro atoms. The highest BCUT2D eigenvalue weighted by atomic mass is 35.5. The molecule has 1 unspecified atom stereocenters. The standard InChI is InChI=1S/C19H22ClN5O2/c1-12-11-24(16-7-6-13(10-21-16)19(26)27-2)8-9-25(12)18-15-5-3-4-14(15)17(20)22-23-18/h6-7,10,12H,3-5,8-9,11H2,1-2H3. The lowest BCUT2D eigenvalue weighted by Gasteiger charge is -2.41. The molecule has 3 heterocycles. The van der Waals surface area contributed by atoms with Crippen molar-refractivity contribution >= 4 is 29.2 Å². The van der Waals surface area contributed by atoms with Gasteiger partial charge < -0.3 is 14.5 Å². The van der Waals surface area contributed by atoms with Crippen LogP contribution in [0.3, 0.4) is 0 Å². The minimum absolute atomic E-state index is 0.265. The number of piperazine rings is 1. The van der Waals surface area contributed by atoms with E-state index in [1.54, 1.807) is 12.3 Å². The Labute approximate surface area is 163 Å². The number of esters is 1. The summed E-state index contributed by atoms with van der Waals surface area (Å²) in [4.78, 5) is 20.6. The summed E-state index contributed by atoms with van der Waals surface area (Å²) in [6.07, 6.45) is 4.68. The largest absolute Gasteiger partial charge is 0.465 e. The van der Waals surface area contributed by atoms with Crippen molar-refractivity contribution in [3.63, 3.8) is 0 Å². The molecule has 0 amide bonds. The first-order chi connectivity index (χ1) is 13.1. The van der Waals surface area contributed by atoms with Gasteiger partial charge in [0.25, 0.3) is 0 Å². The van der Waals surface area contributed by atoms with Gasteiger partial charge in [0.15, 0.2) is 11.0 Å². The first kappa shape index (κ1) is 18.0. The van der Waals surface area contributed by atoms with Crippen molar-refractivity contribution in [2.75, 3.05) is 36.5 Å². The number of rotatable bonds is 3. The number of hydrogen-bond acceptors (Lipinski definition) is 7. The zero-order chi connectivity index (χ0) is 19.0. The van der Waals surface area contributed by atoms with Crippen molar-refractivity contribution in [2.24, 2.45) is 0 Å². The molecule has 142 valence electrons. The van der Waals surface area contributed by atoms with Crippen molar-refractivity contribution in [1.82, 2.24) is 15.2 Å². The molecule has 1 aliphatic carbocycles. The van der Waals surface area contributed by atoms with Gasteiger partial charge in [-0.2, -0.15) is 0 Å². The Hall–Kier alpha value is -2.41. The SMILES string of the molecule is COC(=O)c1ccc(N2CCN(c3nnc(Cl)c4c3CCC4)C(C)C2)nc1. The fourth-order valence-corrected chi connectivity index (χ4v) is 4.20. The fraction of sp³-hybridized carbons (Fsp3) is 0.474. The Balaban J connectivity index is 1.50. The highest BCUT2D eigenvalue weighted by Gasteiger charge is 2.30. The van der Waals surface area contributed by atoms with Crippen molar-refractivity contribution in [3.05, 3.63) is 40.2 Å². The third-order valence-electron chi connectivity index (χ3n) is 5.36. The topological polar surface area (TPSA) is 71.5 Å². The molecule has 0 aromatic carbocycles. The molecule has 0 N–H and O–H groups in total. The molecule has 2 aromatic heterocycles. The quantitative estimate of drug-likeness (QED) is 0.749. The van der Waals surface area contributed by atoms with Crippen LogP contribution in [-0.4, -0.2) is 53.9 Å². The summed E-state index contributed by atoms with van der Waals surface area (Å²) in [5.74, 6) is 1.47. The number of anilines is 2. The fourth-order valence-electron chi connectivity index (χ4n) is 3.95. The average molecular weight is 388 g/mol. The van der Waals surface area contributed by atoms with E-state index in [4.69, 9.17) is 16.3 Å². The summed E-state index contributed by atoms with van der Waals surface area (Å²) < 4.78 is 4.73. The normalized spacial score (nSPS) is 19.1. The zero-order valence-electron chi connectivity index (χ0n) is 15.5. The number of ether oxygens (including phenoxy) is 1. The number of hydrogen-bond donors (Lipinski definition) is 0. The van der Waals surface area contributed by atoms with Gasteiger partial charge in [-0.15, -0.1) is 10.2 Å². The maximum atomic E-state index is 11.6. The summed E-state index contributed by atoms with van der Waals surface area (Å²) in [6.45, 7) is 4.68. The van der Waals surface area contributed by atoms with Crippen LogP contribution in [0, 0.1) is 0 Å². The Morgan fingerprint density at radius 1 is 1.22 bits per heavy atom. The molecule has 1 fully saturated rings. The van der Waals surface area contributed by atoms with Crippen LogP contribution in [0.4, 0.5) is 11.6 Å². The van der Waals surface area contributed by atoms with Crippen molar-refractivity contribution in [1.29, 1.82) is 0 Å². The second-order valence-corrected chi connectivity index (χ2v) is 7.37. The average Bonchev–Trinajstić information content (AvgIpc) is 3.19. The van der Waals surface area contributed by atoms with Crippen LogP contribution in [0.1, 0.15) is 34.8 Å². The van der Waals surface area contributed by atoms with Crippen LogP contribution in [0.15, 0.2) is 18.3 Å². The van der Waals surface area contributed by atoms with Crippen LogP contribution >= 0.6 is 11.6 Å². The molecule has 8 heteroatoms. The maximum Gasteiger partial charge on any atom is 0.339 e.